The average Bonchev–Trinajstić information content (AvgIpc) is 2.45. The van der Waals surface area contributed by atoms with Crippen LogP contribution in [0, 0.1) is 0 Å². The Hall–Kier alpha value is -0.900. The summed E-state index contributed by atoms with van der Waals surface area (Å²) in [4.78, 5) is 2.41. The van der Waals surface area contributed by atoms with E-state index in [1.807, 2.05) is 0 Å². The topological polar surface area (TPSA) is 24.5 Å². The monoisotopic (exact) mass is 248 g/mol. The van der Waals surface area contributed by atoms with Crippen LogP contribution in [0.15, 0.2) is 30.3 Å². The molecule has 3 nitrogen and oxygen atoms in total. The molecule has 1 aliphatic heterocycles. The summed E-state index contributed by atoms with van der Waals surface area (Å²) >= 11 is 0. The molecule has 0 aliphatic carbocycles. The van der Waals surface area contributed by atoms with Crippen molar-refractivity contribution in [3.8, 4) is 0 Å². The maximum absolute atomic E-state index is 5.46. The zero-order valence-corrected chi connectivity index (χ0v) is 11.3. The lowest BCUT2D eigenvalue weighted by molar-refractivity contribution is 0.0711. The molecule has 1 aromatic carbocycles. The van der Waals surface area contributed by atoms with Gasteiger partial charge in [0.05, 0.1) is 13.2 Å². The Morgan fingerprint density at radius 2 is 2.11 bits per heavy atom. The quantitative estimate of drug-likeness (QED) is 0.826. The molecule has 1 atom stereocenters. The van der Waals surface area contributed by atoms with Crippen LogP contribution in [0.5, 0.6) is 0 Å². The zero-order valence-electron chi connectivity index (χ0n) is 11.3. The van der Waals surface area contributed by atoms with E-state index in [2.05, 4.69) is 47.6 Å². The third-order valence-electron chi connectivity index (χ3n) is 3.48. The van der Waals surface area contributed by atoms with Crippen molar-refractivity contribution in [1.82, 2.24) is 10.2 Å². The molecule has 0 aromatic heterocycles. The number of nitrogens with one attached hydrogen (secondary N) is 1. The van der Waals surface area contributed by atoms with E-state index in [1.54, 1.807) is 0 Å². The Morgan fingerprint density at radius 3 is 2.83 bits per heavy atom. The fourth-order valence-electron chi connectivity index (χ4n) is 2.26. The molecule has 100 valence electrons. The van der Waals surface area contributed by atoms with Gasteiger partial charge in [0.25, 0.3) is 0 Å². The van der Waals surface area contributed by atoms with Gasteiger partial charge >= 0.3 is 0 Å². The van der Waals surface area contributed by atoms with Crippen LogP contribution in [-0.2, 0) is 11.2 Å². The predicted molar refractivity (Wildman–Crippen MR) is 74.9 cm³/mol. The summed E-state index contributed by atoms with van der Waals surface area (Å²) in [5, 5.41) is 3.50. The molecule has 0 radical (unpaired) electrons. The molecule has 2 rings (SSSR count). The summed E-state index contributed by atoms with van der Waals surface area (Å²) in [7, 11) is 2.20. The van der Waals surface area contributed by atoms with Gasteiger partial charge in [0, 0.05) is 19.1 Å². The second kappa shape index (κ2) is 7.52. The maximum atomic E-state index is 5.46. The van der Waals surface area contributed by atoms with Crippen molar-refractivity contribution >= 4 is 0 Å². The molecule has 18 heavy (non-hydrogen) atoms. The summed E-state index contributed by atoms with van der Waals surface area (Å²) in [6.45, 7) is 4.98. The van der Waals surface area contributed by atoms with E-state index in [0.29, 0.717) is 6.04 Å². The first-order valence-corrected chi connectivity index (χ1v) is 6.88. The smallest absolute Gasteiger partial charge is 0.0620 e. The second-order valence-electron chi connectivity index (χ2n) is 5.05. The Balaban J connectivity index is 1.61. The summed E-state index contributed by atoms with van der Waals surface area (Å²) in [5.41, 5.74) is 1.42. The van der Waals surface area contributed by atoms with Crippen LogP contribution >= 0.6 is 0 Å². The SMILES string of the molecule is CN(CCc1ccccc1)CCC1COCCN1. The highest BCUT2D eigenvalue weighted by molar-refractivity contribution is 5.14. The summed E-state index contributed by atoms with van der Waals surface area (Å²) in [5.74, 6) is 0. The first kappa shape index (κ1) is 13.5. The second-order valence-corrected chi connectivity index (χ2v) is 5.05. The van der Waals surface area contributed by atoms with E-state index < -0.39 is 0 Å². The van der Waals surface area contributed by atoms with Crippen LogP contribution in [-0.4, -0.2) is 50.8 Å². The van der Waals surface area contributed by atoms with E-state index >= 15 is 0 Å². The molecule has 3 heteroatoms. The van der Waals surface area contributed by atoms with Gasteiger partial charge in [-0.05, 0) is 32.0 Å². The third-order valence-corrected chi connectivity index (χ3v) is 3.48. The van der Waals surface area contributed by atoms with Crippen molar-refractivity contribution in [2.75, 3.05) is 39.9 Å². The van der Waals surface area contributed by atoms with Gasteiger partial charge in [-0.1, -0.05) is 30.3 Å². The van der Waals surface area contributed by atoms with Gasteiger partial charge < -0.3 is 15.0 Å². The summed E-state index contributed by atoms with van der Waals surface area (Å²) < 4.78 is 5.46. The van der Waals surface area contributed by atoms with Crippen LogP contribution < -0.4 is 5.32 Å². The van der Waals surface area contributed by atoms with Crippen molar-refractivity contribution < 1.29 is 4.74 Å². The lowest BCUT2D eigenvalue weighted by atomic mass is 10.1. The molecule has 1 saturated heterocycles. The first-order chi connectivity index (χ1) is 8.84. The molecule has 1 unspecified atom stereocenters. The largest absolute Gasteiger partial charge is 0.379 e. The molecule has 0 amide bonds. The Kier molecular flexibility index (Phi) is 5.65. The molecule has 1 N–H and O–H groups in total. The Labute approximate surface area is 110 Å². The fourth-order valence-corrected chi connectivity index (χ4v) is 2.26. The van der Waals surface area contributed by atoms with Gasteiger partial charge in [0.15, 0.2) is 0 Å². The van der Waals surface area contributed by atoms with Gasteiger partial charge in [-0.25, -0.2) is 0 Å². The summed E-state index contributed by atoms with van der Waals surface area (Å²) in [6, 6.07) is 11.2. The Morgan fingerprint density at radius 1 is 1.28 bits per heavy atom. The molecule has 0 bridgehead atoms. The number of nitrogens with zero attached hydrogens (tertiary/aromatic N) is 1. The highest BCUT2D eigenvalue weighted by Crippen LogP contribution is 2.03. The number of morpholine rings is 1. The van der Waals surface area contributed by atoms with E-state index in [-0.39, 0.29) is 0 Å². The molecule has 1 fully saturated rings. The van der Waals surface area contributed by atoms with E-state index in [4.69, 9.17) is 4.74 Å². The van der Waals surface area contributed by atoms with Crippen LogP contribution in [0.1, 0.15) is 12.0 Å². The molecule has 1 aliphatic rings. The minimum absolute atomic E-state index is 0.540. The van der Waals surface area contributed by atoms with Gasteiger partial charge in [0.1, 0.15) is 0 Å². The molecular weight excluding hydrogens is 224 g/mol. The first-order valence-electron chi connectivity index (χ1n) is 6.88. The maximum Gasteiger partial charge on any atom is 0.0620 e. The molecule has 0 spiro atoms. The van der Waals surface area contributed by atoms with Crippen molar-refractivity contribution in [3.63, 3.8) is 0 Å². The molecule has 1 heterocycles. The van der Waals surface area contributed by atoms with Crippen LogP contribution in [0.25, 0.3) is 0 Å². The van der Waals surface area contributed by atoms with Gasteiger partial charge in [-0.15, -0.1) is 0 Å². The number of ether oxygens (including phenoxy) is 1. The lowest BCUT2D eigenvalue weighted by Crippen LogP contribution is -2.43. The standard InChI is InChI=1S/C15H24N2O/c1-17(10-7-14-5-3-2-4-6-14)11-8-15-13-18-12-9-16-15/h2-6,15-16H,7-13H2,1H3. The Bertz CT molecular complexity index is 323. The normalized spacial score (nSPS) is 20.2. The van der Waals surface area contributed by atoms with E-state index in [9.17, 15) is 0 Å². The minimum atomic E-state index is 0.540. The summed E-state index contributed by atoms with van der Waals surface area (Å²) in [6.07, 6.45) is 2.30. The zero-order chi connectivity index (χ0) is 12.6. The van der Waals surface area contributed by atoms with Crippen molar-refractivity contribution in [3.05, 3.63) is 35.9 Å². The molecular formula is C15H24N2O. The highest BCUT2D eigenvalue weighted by atomic mass is 16.5. The number of hydrogen-bond acceptors (Lipinski definition) is 3. The molecule has 0 saturated carbocycles. The number of rotatable bonds is 6. The van der Waals surface area contributed by atoms with Gasteiger partial charge in [0.2, 0.25) is 0 Å². The van der Waals surface area contributed by atoms with Crippen LogP contribution in [0.4, 0.5) is 0 Å². The minimum Gasteiger partial charge on any atom is -0.379 e. The van der Waals surface area contributed by atoms with Crippen molar-refractivity contribution in [1.29, 1.82) is 0 Å². The fraction of sp³-hybridized carbons (Fsp3) is 0.600. The average molecular weight is 248 g/mol. The number of benzene rings is 1. The highest BCUT2D eigenvalue weighted by Gasteiger charge is 2.13. The number of likely N-dealkylation sites (N-methyl/N-ethyl adjacent to an activating group) is 1. The number of hydrogen-bond donors (Lipinski definition) is 1. The van der Waals surface area contributed by atoms with E-state index in [1.165, 1.54) is 12.0 Å². The van der Waals surface area contributed by atoms with Crippen LogP contribution in [0.3, 0.4) is 0 Å². The van der Waals surface area contributed by atoms with E-state index in [0.717, 1.165) is 39.3 Å². The lowest BCUT2D eigenvalue weighted by Gasteiger charge is -2.26. The van der Waals surface area contributed by atoms with Gasteiger partial charge in [-0.3, -0.25) is 0 Å². The van der Waals surface area contributed by atoms with Crippen molar-refractivity contribution in [2.24, 2.45) is 0 Å². The predicted octanol–water partition coefficient (Wildman–Crippen LogP) is 1.54. The molecule has 1 aromatic rings. The van der Waals surface area contributed by atoms with Crippen molar-refractivity contribution in [2.45, 2.75) is 18.9 Å². The van der Waals surface area contributed by atoms with Crippen LogP contribution in [0.2, 0.25) is 0 Å². The van der Waals surface area contributed by atoms with Gasteiger partial charge in [-0.2, -0.15) is 0 Å². The third kappa shape index (κ3) is 4.77.